The Kier molecular flexibility index (Phi) is 3.51. The van der Waals surface area contributed by atoms with Gasteiger partial charge in [-0.25, -0.2) is 0 Å². The van der Waals surface area contributed by atoms with E-state index < -0.39 is 5.91 Å². The number of amides is 1. The number of carbonyl (C=O) groups is 1. The smallest absolute Gasteiger partial charge is 0.250 e. The Morgan fingerprint density at radius 3 is 2.69 bits per heavy atom. The van der Waals surface area contributed by atoms with E-state index in [2.05, 4.69) is 9.88 Å². The van der Waals surface area contributed by atoms with Gasteiger partial charge in [0.2, 0.25) is 5.91 Å². The topological polar surface area (TPSA) is 59.2 Å². The lowest BCUT2D eigenvalue weighted by atomic mass is 10.2. The molecule has 1 aliphatic heterocycles. The quantitative estimate of drug-likeness (QED) is 0.815. The van der Waals surface area contributed by atoms with Crippen molar-refractivity contribution in [3.8, 4) is 0 Å². The molecule has 86 valence electrons. The van der Waals surface area contributed by atoms with Gasteiger partial charge in [0.1, 0.15) is 0 Å². The monoisotopic (exact) mass is 219 g/mol. The zero-order valence-electron chi connectivity index (χ0n) is 9.35. The van der Waals surface area contributed by atoms with Gasteiger partial charge in [0.05, 0.1) is 5.56 Å². The van der Waals surface area contributed by atoms with Gasteiger partial charge in [-0.05, 0) is 38.1 Å². The van der Waals surface area contributed by atoms with E-state index in [1.165, 1.54) is 25.9 Å². The standard InChI is InChI=1S/C12H17N3O/c13-12(16)10-3-4-11(14-9-10)5-8-15-6-1-2-7-15/h3-4,9H,1-2,5-8H2,(H2,13,16). The van der Waals surface area contributed by atoms with Crippen molar-refractivity contribution in [1.82, 2.24) is 9.88 Å². The second-order valence-electron chi connectivity index (χ2n) is 4.20. The van der Waals surface area contributed by atoms with Crippen LogP contribution in [0.4, 0.5) is 0 Å². The Hall–Kier alpha value is -1.42. The molecule has 1 aromatic rings. The van der Waals surface area contributed by atoms with Crippen LogP contribution in [-0.4, -0.2) is 35.4 Å². The summed E-state index contributed by atoms with van der Waals surface area (Å²) in [5, 5.41) is 0. The van der Waals surface area contributed by atoms with Crippen molar-refractivity contribution in [2.24, 2.45) is 5.73 Å². The minimum absolute atomic E-state index is 0.418. The van der Waals surface area contributed by atoms with E-state index >= 15 is 0 Å². The summed E-state index contributed by atoms with van der Waals surface area (Å²) >= 11 is 0. The molecule has 0 aliphatic carbocycles. The number of likely N-dealkylation sites (tertiary alicyclic amines) is 1. The number of hydrogen-bond donors (Lipinski definition) is 1. The van der Waals surface area contributed by atoms with Crippen LogP contribution in [0.3, 0.4) is 0 Å². The fourth-order valence-corrected chi connectivity index (χ4v) is 2.00. The highest BCUT2D eigenvalue weighted by Gasteiger charge is 2.11. The van der Waals surface area contributed by atoms with Crippen LogP contribution in [0.25, 0.3) is 0 Å². The van der Waals surface area contributed by atoms with Gasteiger partial charge in [-0.3, -0.25) is 9.78 Å². The summed E-state index contributed by atoms with van der Waals surface area (Å²) < 4.78 is 0. The summed E-state index contributed by atoms with van der Waals surface area (Å²) in [6.45, 7) is 3.47. The van der Waals surface area contributed by atoms with Crippen LogP contribution < -0.4 is 5.73 Å². The molecule has 0 spiro atoms. The number of pyridine rings is 1. The van der Waals surface area contributed by atoms with Crippen molar-refractivity contribution < 1.29 is 4.79 Å². The van der Waals surface area contributed by atoms with Gasteiger partial charge in [0.15, 0.2) is 0 Å². The molecule has 16 heavy (non-hydrogen) atoms. The zero-order valence-corrected chi connectivity index (χ0v) is 9.35. The summed E-state index contributed by atoms with van der Waals surface area (Å²) in [5.74, 6) is -0.418. The van der Waals surface area contributed by atoms with Crippen molar-refractivity contribution in [2.75, 3.05) is 19.6 Å². The lowest BCUT2D eigenvalue weighted by Gasteiger charge is -2.13. The number of aromatic nitrogens is 1. The molecular weight excluding hydrogens is 202 g/mol. The molecule has 2 heterocycles. The zero-order chi connectivity index (χ0) is 11.4. The van der Waals surface area contributed by atoms with Gasteiger partial charge in [0.25, 0.3) is 0 Å². The van der Waals surface area contributed by atoms with E-state index in [9.17, 15) is 4.79 Å². The molecule has 1 saturated heterocycles. The van der Waals surface area contributed by atoms with Gasteiger partial charge < -0.3 is 10.6 Å². The van der Waals surface area contributed by atoms with E-state index in [-0.39, 0.29) is 0 Å². The molecule has 0 atom stereocenters. The third-order valence-electron chi connectivity index (χ3n) is 2.99. The number of hydrogen-bond acceptors (Lipinski definition) is 3. The van der Waals surface area contributed by atoms with Crippen molar-refractivity contribution in [3.63, 3.8) is 0 Å². The van der Waals surface area contributed by atoms with Gasteiger partial charge >= 0.3 is 0 Å². The molecule has 0 saturated carbocycles. The first-order valence-electron chi connectivity index (χ1n) is 5.73. The number of nitrogens with zero attached hydrogens (tertiary/aromatic N) is 2. The summed E-state index contributed by atoms with van der Waals surface area (Å²) in [7, 11) is 0. The molecular formula is C12H17N3O. The Labute approximate surface area is 95.5 Å². The van der Waals surface area contributed by atoms with Crippen molar-refractivity contribution in [3.05, 3.63) is 29.6 Å². The molecule has 1 aromatic heterocycles. The van der Waals surface area contributed by atoms with Crippen LogP contribution in [0.15, 0.2) is 18.3 Å². The average Bonchev–Trinajstić information content (AvgIpc) is 2.80. The highest BCUT2D eigenvalue weighted by Crippen LogP contribution is 2.08. The predicted octanol–water partition coefficient (Wildman–Crippen LogP) is 0.819. The number of carbonyl (C=O) groups excluding carboxylic acids is 1. The van der Waals surface area contributed by atoms with Crippen LogP contribution in [0.1, 0.15) is 28.9 Å². The first-order chi connectivity index (χ1) is 7.75. The lowest BCUT2D eigenvalue weighted by Crippen LogP contribution is -2.22. The first kappa shape index (κ1) is 11.1. The highest BCUT2D eigenvalue weighted by molar-refractivity contribution is 5.92. The molecule has 0 aromatic carbocycles. The maximum Gasteiger partial charge on any atom is 0.250 e. The van der Waals surface area contributed by atoms with Crippen LogP contribution in [0.2, 0.25) is 0 Å². The average molecular weight is 219 g/mol. The van der Waals surface area contributed by atoms with Crippen LogP contribution in [-0.2, 0) is 6.42 Å². The molecule has 4 heteroatoms. The van der Waals surface area contributed by atoms with Crippen molar-refractivity contribution in [2.45, 2.75) is 19.3 Å². The lowest BCUT2D eigenvalue weighted by molar-refractivity contribution is 0.1000. The Balaban J connectivity index is 1.87. The maximum absolute atomic E-state index is 10.9. The Morgan fingerprint density at radius 2 is 2.12 bits per heavy atom. The Morgan fingerprint density at radius 1 is 1.38 bits per heavy atom. The summed E-state index contributed by atoms with van der Waals surface area (Å²) in [4.78, 5) is 17.5. The summed E-state index contributed by atoms with van der Waals surface area (Å²) in [6.07, 6.45) is 5.13. The molecule has 4 nitrogen and oxygen atoms in total. The van der Waals surface area contributed by atoms with Crippen molar-refractivity contribution in [1.29, 1.82) is 0 Å². The molecule has 0 unspecified atom stereocenters. The summed E-state index contributed by atoms with van der Waals surface area (Å²) in [6, 6.07) is 3.63. The molecule has 1 amide bonds. The van der Waals surface area contributed by atoms with E-state index in [1.54, 1.807) is 12.3 Å². The van der Waals surface area contributed by atoms with Crippen LogP contribution in [0.5, 0.6) is 0 Å². The van der Waals surface area contributed by atoms with Gasteiger partial charge in [-0.2, -0.15) is 0 Å². The first-order valence-corrected chi connectivity index (χ1v) is 5.73. The van der Waals surface area contributed by atoms with Gasteiger partial charge in [0, 0.05) is 24.9 Å². The SMILES string of the molecule is NC(=O)c1ccc(CCN2CCCC2)nc1. The Bertz CT molecular complexity index is 355. The van der Waals surface area contributed by atoms with Gasteiger partial charge in [-0.1, -0.05) is 0 Å². The van der Waals surface area contributed by atoms with E-state index in [0.29, 0.717) is 5.56 Å². The van der Waals surface area contributed by atoms with E-state index in [0.717, 1.165) is 18.7 Å². The molecule has 2 rings (SSSR count). The summed E-state index contributed by atoms with van der Waals surface area (Å²) in [5.41, 5.74) is 6.65. The molecule has 0 bridgehead atoms. The largest absolute Gasteiger partial charge is 0.366 e. The van der Waals surface area contributed by atoms with Crippen LogP contribution in [0, 0.1) is 0 Å². The fourth-order valence-electron chi connectivity index (χ4n) is 2.00. The van der Waals surface area contributed by atoms with Crippen LogP contribution >= 0.6 is 0 Å². The molecule has 2 N–H and O–H groups in total. The number of rotatable bonds is 4. The third-order valence-corrected chi connectivity index (χ3v) is 2.99. The number of primary amides is 1. The third kappa shape index (κ3) is 2.79. The van der Waals surface area contributed by atoms with E-state index in [1.807, 2.05) is 6.07 Å². The highest BCUT2D eigenvalue weighted by atomic mass is 16.1. The second kappa shape index (κ2) is 5.07. The molecule has 1 fully saturated rings. The normalized spacial score (nSPS) is 16.5. The van der Waals surface area contributed by atoms with E-state index in [4.69, 9.17) is 5.73 Å². The predicted molar refractivity (Wildman–Crippen MR) is 62.1 cm³/mol. The molecule has 0 radical (unpaired) electrons. The second-order valence-corrected chi connectivity index (χ2v) is 4.20. The maximum atomic E-state index is 10.9. The minimum Gasteiger partial charge on any atom is -0.366 e. The molecule has 1 aliphatic rings. The minimum atomic E-state index is -0.418. The van der Waals surface area contributed by atoms with Gasteiger partial charge in [-0.15, -0.1) is 0 Å². The number of nitrogens with two attached hydrogens (primary N) is 1. The fraction of sp³-hybridized carbons (Fsp3) is 0.500. The van der Waals surface area contributed by atoms with Crippen molar-refractivity contribution >= 4 is 5.91 Å².